The van der Waals surface area contributed by atoms with Crippen LogP contribution in [0.4, 0.5) is 11.4 Å². The zero-order chi connectivity index (χ0) is 16.4. The van der Waals surface area contributed by atoms with Crippen LogP contribution in [0.25, 0.3) is 5.32 Å². The molecule has 0 spiro atoms. The summed E-state index contributed by atoms with van der Waals surface area (Å²) in [5.74, 6) is 0. The molecule has 113 valence electrons. The van der Waals surface area contributed by atoms with Crippen LogP contribution in [0.2, 0.25) is 0 Å². The number of nitriles is 1. The fourth-order valence-corrected chi connectivity index (χ4v) is 1.95. The molecule has 0 aliphatic rings. The summed E-state index contributed by atoms with van der Waals surface area (Å²) in [4.78, 5) is 4.41. The SMILES string of the molecule is Cc1cc(C)c([N-]C#N)c(C=Nc2ccccc2)c1.[Cl][Cr+][Cl]. The number of rotatable bonds is 3. The molecule has 0 N–H and O–H groups in total. The summed E-state index contributed by atoms with van der Waals surface area (Å²) in [6.45, 7) is 3.96. The standard InChI is InChI=1S/C16H14N3.2ClH.Cr/c1-12-8-13(2)16(19-11-17)14(9-12)10-18-15-6-4-3-5-7-15;;;/h3-10H,1-2H3;2*1H;/q-1;;;+3/p-2. The van der Waals surface area contributed by atoms with Crippen molar-refractivity contribution in [3.8, 4) is 6.19 Å². The first-order chi connectivity index (χ1) is 10.6. The van der Waals surface area contributed by atoms with Gasteiger partial charge in [-0.05, 0) is 42.8 Å². The Kier molecular flexibility index (Phi) is 8.67. The van der Waals surface area contributed by atoms with Crippen molar-refractivity contribution >= 4 is 37.7 Å². The van der Waals surface area contributed by atoms with E-state index in [0.717, 1.165) is 22.4 Å². The summed E-state index contributed by atoms with van der Waals surface area (Å²) in [7, 11) is 9.65. The monoisotopic (exact) mass is 370 g/mol. The van der Waals surface area contributed by atoms with Crippen molar-refractivity contribution in [1.29, 1.82) is 5.26 Å². The predicted molar refractivity (Wildman–Crippen MR) is 90.0 cm³/mol. The molecule has 0 aromatic heterocycles. The second-order valence-corrected chi connectivity index (χ2v) is 6.49. The van der Waals surface area contributed by atoms with Gasteiger partial charge in [0, 0.05) is 6.21 Å². The molecule has 0 aliphatic carbocycles. The van der Waals surface area contributed by atoms with Crippen molar-refractivity contribution in [2.24, 2.45) is 4.99 Å². The molecule has 0 amide bonds. The second-order valence-electron chi connectivity index (χ2n) is 4.38. The zero-order valence-corrected chi connectivity index (χ0v) is 14.9. The van der Waals surface area contributed by atoms with Gasteiger partial charge in [-0.1, -0.05) is 42.1 Å². The maximum atomic E-state index is 8.76. The summed E-state index contributed by atoms with van der Waals surface area (Å²) >= 11 is -0.181. The number of nitrogens with zero attached hydrogens (tertiary/aromatic N) is 3. The average molecular weight is 371 g/mol. The van der Waals surface area contributed by atoms with Gasteiger partial charge < -0.3 is 10.6 Å². The van der Waals surface area contributed by atoms with Crippen LogP contribution in [0.5, 0.6) is 0 Å². The van der Waals surface area contributed by atoms with E-state index in [9.17, 15) is 0 Å². The molecule has 0 radical (unpaired) electrons. The second kappa shape index (κ2) is 10.3. The molecule has 6 heteroatoms. The van der Waals surface area contributed by atoms with E-state index < -0.39 is 0 Å². The van der Waals surface area contributed by atoms with Crippen molar-refractivity contribution in [3.63, 3.8) is 0 Å². The van der Waals surface area contributed by atoms with Gasteiger partial charge in [-0.15, -0.1) is 0 Å². The molecular weight excluding hydrogens is 357 g/mol. The molecule has 0 saturated carbocycles. The van der Waals surface area contributed by atoms with E-state index in [-0.39, 0.29) is 13.4 Å². The van der Waals surface area contributed by atoms with Gasteiger partial charge in [-0.25, -0.2) is 0 Å². The summed E-state index contributed by atoms with van der Waals surface area (Å²) in [5.41, 5.74) is 4.54. The Morgan fingerprint density at radius 1 is 1.18 bits per heavy atom. The van der Waals surface area contributed by atoms with Crippen LogP contribution < -0.4 is 0 Å². The number of halogens is 2. The molecule has 0 unspecified atom stereocenters. The minimum atomic E-state index is -0.181. The molecule has 0 bridgehead atoms. The molecule has 0 heterocycles. The Bertz CT molecular complexity index is 667. The van der Waals surface area contributed by atoms with Gasteiger partial charge in [-0.3, -0.25) is 4.99 Å². The molecular formula is C16H14Cl2CrN3. The van der Waals surface area contributed by atoms with Crippen LogP contribution >= 0.6 is 20.1 Å². The van der Waals surface area contributed by atoms with Crippen LogP contribution in [0.15, 0.2) is 47.5 Å². The maximum absolute atomic E-state index is 8.76. The van der Waals surface area contributed by atoms with Gasteiger partial charge in [-0.2, -0.15) is 0 Å². The molecule has 0 saturated heterocycles. The van der Waals surface area contributed by atoms with Crippen LogP contribution in [0.1, 0.15) is 16.7 Å². The van der Waals surface area contributed by atoms with Gasteiger partial charge in [0.05, 0.1) is 5.69 Å². The van der Waals surface area contributed by atoms with Crippen molar-refractivity contribution in [2.45, 2.75) is 13.8 Å². The van der Waals surface area contributed by atoms with E-state index in [0.29, 0.717) is 5.69 Å². The third-order valence-electron chi connectivity index (χ3n) is 2.75. The summed E-state index contributed by atoms with van der Waals surface area (Å²) in [6, 6.07) is 13.7. The van der Waals surface area contributed by atoms with Crippen LogP contribution in [-0.2, 0) is 13.4 Å². The van der Waals surface area contributed by atoms with Crippen LogP contribution in [-0.4, -0.2) is 6.21 Å². The van der Waals surface area contributed by atoms with E-state index >= 15 is 0 Å². The fourth-order valence-electron chi connectivity index (χ4n) is 1.95. The summed E-state index contributed by atoms with van der Waals surface area (Å²) < 4.78 is 0. The topological polar surface area (TPSA) is 50.2 Å². The molecule has 0 aliphatic heterocycles. The van der Waals surface area contributed by atoms with Gasteiger partial charge in [0.1, 0.15) is 0 Å². The molecule has 0 fully saturated rings. The fraction of sp³-hybridized carbons (Fsp3) is 0.125. The Hall–Kier alpha value is -1.49. The van der Waals surface area contributed by atoms with Gasteiger partial charge >= 0.3 is 33.5 Å². The Morgan fingerprint density at radius 3 is 2.41 bits per heavy atom. The van der Waals surface area contributed by atoms with E-state index in [1.165, 1.54) is 0 Å². The number of hydrogen-bond donors (Lipinski definition) is 0. The first-order valence-electron chi connectivity index (χ1n) is 6.32. The first-order valence-corrected chi connectivity index (χ1v) is 9.82. The Balaban J connectivity index is 0.000000745. The zero-order valence-electron chi connectivity index (χ0n) is 12.1. The van der Waals surface area contributed by atoms with Crippen molar-refractivity contribution < 1.29 is 13.4 Å². The van der Waals surface area contributed by atoms with Crippen molar-refractivity contribution in [3.05, 3.63) is 64.5 Å². The normalized spacial score (nSPS) is 9.59. The van der Waals surface area contributed by atoms with Gasteiger partial charge in [0.25, 0.3) is 0 Å². The van der Waals surface area contributed by atoms with E-state index in [1.54, 1.807) is 6.21 Å². The molecule has 2 rings (SSSR count). The van der Waals surface area contributed by atoms with Gasteiger partial charge in [0.2, 0.25) is 0 Å². The molecule has 3 nitrogen and oxygen atoms in total. The van der Waals surface area contributed by atoms with Crippen LogP contribution in [0, 0.1) is 25.3 Å². The average Bonchev–Trinajstić information content (AvgIpc) is 2.50. The Labute approximate surface area is 145 Å². The number of aliphatic imine (C=N–C) groups is 1. The molecule has 2 aromatic carbocycles. The van der Waals surface area contributed by atoms with Gasteiger partial charge in [0.15, 0.2) is 0 Å². The third kappa shape index (κ3) is 6.10. The predicted octanol–water partition coefficient (Wildman–Crippen LogP) is 5.92. The number of para-hydroxylation sites is 1. The number of benzene rings is 2. The van der Waals surface area contributed by atoms with E-state index in [4.69, 9.17) is 25.4 Å². The van der Waals surface area contributed by atoms with E-state index in [2.05, 4.69) is 10.3 Å². The third-order valence-corrected chi connectivity index (χ3v) is 2.75. The van der Waals surface area contributed by atoms with E-state index in [1.807, 2.05) is 62.5 Å². The quantitative estimate of drug-likeness (QED) is 0.488. The minimum absolute atomic E-state index is 0.181. The number of aryl methyl sites for hydroxylation is 2. The Morgan fingerprint density at radius 2 is 1.82 bits per heavy atom. The molecule has 2 aromatic rings. The summed E-state index contributed by atoms with van der Waals surface area (Å²) in [6.07, 6.45) is 3.60. The first kappa shape index (κ1) is 18.6. The molecule has 0 atom stereocenters. The number of hydrogen-bond acceptors (Lipinski definition) is 2. The van der Waals surface area contributed by atoms with Crippen molar-refractivity contribution in [1.82, 2.24) is 0 Å². The summed E-state index contributed by atoms with van der Waals surface area (Å²) in [5, 5.41) is 12.6. The van der Waals surface area contributed by atoms with Crippen molar-refractivity contribution in [2.75, 3.05) is 0 Å². The van der Waals surface area contributed by atoms with Crippen LogP contribution in [0.3, 0.4) is 0 Å². The molecule has 22 heavy (non-hydrogen) atoms.